The van der Waals surface area contributed by atoms with E-state index >= 15 is 0 Å². The van der Waals surface area contributed by atoms with Gasteiger partial charge in [-0.05, 0) is 96.0 Å². The van der Waals surface area contributed by atoms with Crippen molar-refractivity contribution in [1.82, 2.24) is 0 Å². The van der Waals surface area contributed by atoms with Crippen LogP contribution in [0.15, 0.2) is 188 Å². The number of benzene rings is 9. The van der Waals surface area contributed by atoms with Gasteiger partial charge in [0, 0.05) is 16.8 Å². The summed E-state index contributed by atoms with van der Waals surface area (Å²) in [6, 6.07) is 68.8. The molecule has 1 nitrogen and oxygen atoms in total. The molecule has 228 valence electrons. The lowest BCUT2D eigenvalue weighted by molar-refractivity contribution is 1.29. The standard InChI is InChI=1S/C48H31N/c1-2-17-34(18-3-1)49-45-29-11-10-23-41(45)40-22-7-9-25-44(40)48-36(27-14-30-46(48)49)33-16-12-15-32(31-33)35-26-13-28-43-39-20-5-4-19-37(39)38-21-6-8-24-42(38)47(35)43/h1-31H. The van der Waals surface area contributed by atoms with Crippen molar-refractivity contribution in [1.29, 1.82) is 0 Å². The predicted octanol–water partition coefficient (Wildman–Crippen LogP) is 13.6. The maximum atomic E-state index is 2.43. The molecule has 0 radical (unpaired) electrons. The van der Waals surface area contributed by atoms with Crippen LogP contribution in [0.3, 0.4) is 0 Å². The molecule has 0 saturated carbocycles. The minimum Gasteiger partial charge on any atom is -0.309 e. The van der Waals surface area contributed by atoms with Crippen molar-refractivity contribution in [3.8, 4) is 44.5 Å². The Kier molecular flexibility index (Phi) is 6.25. The first-order valence-electron chi connectivity index (χ1n) is 17.0. The van der Waals surface area contributed by atoms with E-state index in [4.69, 9.17) is 0 Å². The second kappa shape index (κ2) is 11.1. The van der Waals surface area contributed by atoms with Crippen molar-refractivity contribution < 1.29 is 0 Å². The monoisotopic (exact) mass is 621 g/mol. The maximum Gasteiger partial charge on any atom is 0.0546 e. The fourth-order valence-electron chi connectivity index (χ4n) is 8.12. The van der Waals surface area contributed by atoms with Gasteiger partial charge in [-0.3, -0.25) is 0 Å². The van der Waals surface area contributed by atoms with Gasteiger partial charge in [0.1, 0.15) is 0 Å². The average molecular weight is 622 g/mol. The van der Waals surface area contributed by atoms with E-state index in [0.717, 1.165) is 5.69 Å². The van der Waals surface area contributed by atoms with Crippen molar-refractivity contribution >= 4 is 49.4 Å². The van der Waals surface area contributed by atoms with Gasteiger partial charge in [-0.25, -0.2) is 0 Å². The molecule has 0 atom stereocenters. The lowest BCUT2D eigenvalue weighted by Crippen LogP contribution is -2.11. The molecule has 0 unspecified atom stereocenters. The Labute approximate surface area is 286 Å². The zero-order valence-corrected chi connectivity index (χ0v) is 26.8. The lowest BCUT2D eigenvalue weighted by Gasteiger charge is -2.28. The first-order valence-corrected chi connectivity index (χ1v) is 17.0. The first-order chi connectivity index (χ1) is 24.3. The Hall–Kier alpha value is -6.44. The molecule has 1 heteroatoms. The molecule has 0 amide bonds. The molecule has 9 aromatic carbocycles. The molecule has 0 spiro atoms. The minimum atomic E-state index is 1.14. The number of hydrogen-bond donors (Lipinski definition) is 0. The van der Waals surface area contributed by atoms with Crippen molar-refractivity contribution in [2.75, 3.05) is 4.90 Å². The van der Waals surface area contributed by atoms with Crippen LogP contribution < -0.4 is 4.90 Å². The summed E-state index contributed by atoms with van der Waals surface area (Å²) in [5.41, 5.74) is 13.3. The third-order valence-corrected chi connectivity index (χ3v) is 10.2. The van der Waals surface area contributed by atoms with E-state index in [1.807, 2.05) is 0 Å². The molecule has 0 bridgehead atoms. The van der Waals surface area contributed by atoms with Crippen molar-refractivity contribution in [3.63, 3.8) is 0 Å². The Morgan fingerprint density at radius 1 is 0.286 bits per heavy atom. The molecule has 0 saturated heterocycles. The van der Waals surface area contributed by atoms with Gasteiger partial charge >= 0.3 is 0 Å². The summed E-state index contributed by atoms with van der Waals surface area (Å²) >= 11 is 0. The van der Waals surface area contributed by atoms with Gasteiger partial charge < -0.3 is 4.90 Å². The molecule has 0 aliphatic carbocycles. The third kappa shape index (κ3) is 4.26. The molecular weight excluding hydrogens is 591 g/mol. The highest BCUT2D eigenvalue weighted by Crippen LogP contribution is 2.53. The second-order valence-corrected chi connectivity index (χ2v) is 12.8. The van der Waals surface area contributed by atoms with Crippen LogP contribution in [0.1, 0.15) is 0 Å². The molecule has 0 fully saturated rings. The number of rotatable bonds is 3. The van der Waals surface area contributed by atoms with Gasteiger partial charge in [-0.1, -0.05) is 158 Å². The smallest absolute Gasteiger partial charge is 0.0546 e. The van der Waals surface area contributed by atoms with Crippen molar-refractivity contribution in [2.24, 2.45) is 0 Å². The molecule has 1 aliphatic rings. The first kappa shape index (κ1) is 27.7. The average Bonchev–Trinajstić information content (AvgIpc) is 3.31. The maximum absolute atomic E-state index is 2.43. The Bertz CT molecular complexity index is 2680. The fourth-order valence-corrected chi connectivity index (χ4v) is 8.12. The Balaban J connectivity index is 1.24. The van der Waals surface area contributed by atoms with Crippen molar-refractivity contribution in [3.05, 3.63) is 188 Å². The molecule has 9 aromatic rings. The molecule has 49 heavy (non-hydrogen) atoms. The molecule has 1 heterocycles. The van der Waals surface area contributed by atoms with Gasteiger partial charge in [-0.2, -0.15) is 0 Å². The molecule has 0 N–H and O–H groups in total. The van der Waals surface area contributed by atoms with Crippen LogP contribution in [0, 0.1) is 0 Å². The van der Waals surface area contributed by atoms with Crippen LogP contribution in [0.25, 0.3) is 76.8 Å². The summed E-state index contributed by atoms with van der Waals surface area (Å²) in [4.78, 5) is 2.43. The number of anilines is 3. The SMILES string of the molecule is c1ccc(N2c3ccccc3-c3ccccc3-c3c(-c4cccc(-c5cccc6c7ccccc7c7ccccc7c56)c4)cccc32)cc1. The molecule has 1 aliphatic heterocycles. The normalized spacial score (nSPS) is 12.0. The summed E-state index contributed by atoms with van der Waals surface area (Å²) in [6.07, 6.45) is 0. The highest BCUT2D eigenvalue weighted by atomic mass is 15.1. The van der Waals surface area contributed by atoms with Gasteiger partial charge in [0.2, 0.25) is 0 Å². The number of para-hydroxylation sites is 2. The Morgan fingerprint density at radius 3 is 1.51 bits per heavy atom. The predicted molar refractivity (Wildman–Crippen MR) is 209 cm³/mol. The number of fused-ring (bicyclic) bond motifs is 11. The summed E-state index contributed by atoms with van der Waals surface area (Å²) < 4.78 is 0. The summed E-state index contributed by atoms with van der Waals surface area (Å²) in [7, 11) is 0. The Morgan fingerprint density at radius 2 is 0.755 bits per heavy atom. The number of hydrogen-bond acceptors (Lipinski definition) is 1. The van der Waals surface area contributed by atoms with Gasteiger partial charge in [0.15, 0.2) is 0 Å². The van der Waals surface area contributed by atoms with E-state index in [0.29, 0.717) is 0 Å². The summed E-state index contributed by atoms with van der Waals surface area (Å²) in [5.74, 6) is 0. The van der Waals surface area contributed by atoms with Crippen LogP contribution in [0.5, 0.6) is 0 Å². The minimum absolute atomic E-state index is 1.14. The molecule has 10 rings (SSSR count). The van der Waals surface area contributed by atoms with E-state index in [-0.39, 0.29) is 0 Å². The zero-order valence-electron chi connectivity index (χ0n) is 26.8. The van der Waals surface area contributed by atoms with E-state index in [1.165, 1.54) is 88.2 Å². The van der Waals surface area contributed by atoms with E-state index in [9.17, 15) is 0 Å². The van der Waals surface area contributed by atoms with E-state index in [1.54, 1.807) is 0 Å². The van der Waals surface area contributed by atoms with Crippen LogP contribution in [-0.2, 0) is 0 Å². The van der Waals surface area contributed by atoms with Gasteiger partial charge in [0.25, 0.3) is 0 Å². The van der Waals surface area contributed by atoms with Crippen LogP contribution in [-0.4, -0.2) is 0 Å². The fraction of sp³-hybridized carbons (Fsp3) is 0. The quantitative estimate of drug-likeness (QED) is 0.177. The highest BCUT2D eigenvalue weighted by Gasteiger charge is 2.28. The van der Waals surface area contributed by atoms with Crippen LogP contribution >= 0.6 is 0 Å². The topological polar surface area (TPSA) is 3.24 Å². The number of nitrogens with zero attached hydrogens (tertiary/aromatic N) is 1. The van der Waals surface area contributed by atoms with Crippen LogP contribution in [0.4, 0.5) is 17.1 Å². The lowest BCUT2D eigenvalue weighted by atomic mass is 9.87. The highest BCUT2D eigenvalue weighted by molar-refractivity contribution is 6.28. The zero-order chi connectivity index (χ0) is 32.3. The van der Waals surface area contributed by atoms with Gasteiger partial charge in [-0.15, -0.1) is 0 Å². The van der Waals surface area contributed by atoms with Gasteiger partial charge in [0.05, 0.1) is 11.4 Å². The third-order valence-electron chi connectivity index (χ3n) is 10.2. The second-order valence-electron chi connectivity index (χ2n) is 12.8. The van der Waals surface area contributed by atoms with Crippen molar-refractivity contribution in [2.45, 2.75) is 0 Å². The van der Waals surface area contributed by atoms with E-state index in [2.05, 4.69) is 193 Å². The largest absolute Gasteiger partial charge is 0.309 e. The molecule has 0 aromatic heterocycles. The van der Waals surface area contributed by atoms with Crippen LogP contribution in [0.2, 0.25) is 0 Å². The molecular formula is C48H31N. The summed E-state index contributed by atoms with van der Waals surface area (Å²) in [5, 5.41) is 7.76. The summed E-state index contributed by atoms with van der Waals surface area (Å²) in [6.45, 7) is 0. The van der Waals surface area contributed by atoms with E-state index < -0.39 is 0 Å².